The van der Waals surface area contributed by atoms with Gasteiger partial charge in [0.25, 0.3) is 0 Å². The maximum atomic E-state index is 11.3. The third kappa shape index (κ3) is 3.28. The summed E-state index contributed by atoms with van der Waals surface area (Å²) in [5.41, 5.74) is 0.940. The van der Waals surface area contributed by atoms with E-state index in [2.05, 4.69) is 0 Å². The van der Waals surface area contributed by atoms with Gasteiger partial charge < -0.3 is 14.4 Å². The minimum atomic E-state index is -0.770. The standard InChI is InChI=1S/C14H16ClNO3/c1-2-19-14(18)8-10(17)9-16-7-6-11-12(15)4-3-5-13(11)16/h3-7,10,17H,2,8-9H2,1H3. The summed E-state index contributed by atoms with van der Waals surface area (Å²) in [7, 11) is 0. The number of esters is 1. The summed E-state index contributed by atoms with van der Waals surface area (Å²) in [5.74, 6) is -0.385. The number of fused-ring (bicyclic) bond motifs is 1. The second-order valence-corrected chi connectivity index (χ2v) is 4.71. The third-order valence-corrected chi connectivity index (χ3v) is 3.21. The normalized spacial score (nSPS) is 12.6. The fourth-order valence-electron chi connectivity index (χ4n) is 2.05. The summed E-state index contributed by atoms with van der Waals surface area (Å²) in [5, 5.41) is 11.5. The first-order valence-electron chi connectivity index (χ1n) is 6.19. The van der Waals surface area contributed by atoms with E-state index in [4.69, 9.17) is 16.3 Å². The number of hydrogen-bond donors (Lipinski definition) is 1. The Kier molecular flexibility index (Phi) is 4.45. The highest BCUT2D eigenvalue weighted by Crippen LogP contribution is 2.24. The highest BCUT2D eigenvalue weighted by atomic mass is 35.5. The van der Waals surface area contributed by atoms with Gasteiger partial charge in [0.15, 0.2) is 0 Å². The Hall–Kier alpha value is -1.52. The minimum absolute atomic E-state index is 0.00587. The van der Waals surface area contributed by atoms with Gasteiger partial charge in [-0.15, -0.1) is 0 Å². The van der Waals surface area contributed by atoms with Crippen LogP contribution in [0.1, 0.15) is 13.3 Å². The van der Waals surface area contributed by atoms with Crippen molar-refractivity contribution in [1.82, 2.24) is 4.57 Å². The highest BCUT2D eigenvalue weighted by Gasteiger charge is 2.13. The summed E-state index contributed by atoms with van der Waals surface area (Å²) in [4.78, 5) is 11.3. The molecular weight excluding hydrogens is 266 g/mol. The van der Waals surface area contributed by atoms with Crippen molar-refractivity contribution in [2.75, 3.05) is 6.61 Å². The van der Waals surface area contributed by atoms with Crippen molar-refractivity contribution in [2.24, 2.45) is 0 Å². The van der Waals surface area contributed by atoms with Crippen molar-refractivity contribution in [1.29, 1.82) is 0 Å². The van der Waals surface area contributed by atoms with Crippen LogP contribution in [-0.2, 0) is 16.1 Å². The number of aromatic nitrogens is 1. The molecule has 1 aromatic heterocycles. The van der Waals surface area contributed by atoms with E-state index in [9.17, 15) is 9.90 Å². The predicted molar refractivity (Wildman–Crippen MR) is 74.2 cm³/mol. The molecule has 0 aliphatic rings. The molecule has 0 aliphatic carbocycles. The van der Waals surface area contributed by atoms with Crippen molar-refractivity contribution in [2.45, 2.75) is 26.0 Å². The summed E-state index contributed by atoms with van der Waals surface area (Å²) in [6, 6.07) is 7.51. The van der Waals surface area contributed by atoms with E-state index in [1.165, 1.54) is 0 Å². The molecule has 1 atom stereocenters. The number of rotatable bonds is 5. The van der Waals surface area contributed by atoms with Crippen molar-refractivity contribution in [3.05, 3.63) is 35.5 Å². The number of ether oxygens (including phenoxy) is 1. The minimum Gasteiger partial charge on any atom is -0.466 e. The number of halogens is 1. The van der Waals surface area contributed by atoms with E-state index in [0.717, 1.165) is 10.9 Å². The molecule has 1 aromatic carbocycles. The van der Waals surface area contributed by atoms with Crippen LogP contribution in [0.25, 0.3) is 10.9 Å². The zero-order chi connectivity index (χ0) is 13.8. The van der Waals surface area contributed by atoms with Crippen LogP contribution in [0, 0.1) is 0 Å². The van der Waals surface area contributed by atoms with Crippen LogP contribution in [0.4, 0.5) is 0 Å². The molecule has 1 heterocycles. The smallest absolute Gasteiger partial charge is 0.308 e. The zero-order valence-corrected chi connectivity index (χ0v) is 11.4. The average molecular weight is 282 g/mol. The molecule has 2 aromatic rings. The molecule has 0 spiro atoms. The van der Waals surface area contributed by atoms with Crippen molar-refractivity contribution >= 4 is 28.5 Å². The fourth-order valence-corrected chi connectivity index (χ4v) is 2.28. The Labute approximate surface area is 116 Å². The second kappa shape index (κ2) is 6.08. The SMILES string of the molecule is CCOC(=O)CC(O)Cn1ccc2c(Cl)cccc21. The first kappa shape index (κ1) is 13.9. The Morgan fingerprint density at radius 1 is 1.47 bits per heavy atom. The molecule has 5 heteroatoms. The van der Waals surface area contributed by atoms with Gasteiger partial charge in [-0.05, 0) is 25.1 Å². The molecule has 1 unspecified atom stereocenters. The number of hydrogen-bond acceptors (Lipinski definition) is 3. The van der Waals surface area contributed by atoms with Crippen LogP contribution in [-0.4, -0.2) is 28.4 Å². The number of carbonyl (C=O) groups is 1. The molecular formula is C14H16ClNO3. The lowest BCUT2D eigenvalue weighted by Crippen LogP contribution is -2.20. The van der Waals surface area contributed by atoms with Crippen LogP contribution >= 0.6 is 11.6 Å². The van der Waals surface area contributed by atoms with Crippen LogP contribution in [0.15, 0.2) is 30.5 Å². The van der Waals surface area contributed by atoms with E-state index in [-0.39, 0.29) is 12.4 Å². The Morgan fingerprint density at radius 2 is 2.26 bits per heavy atom. The number of benzene rings is 1. The maximum Gasteiger partial charge on any atom is 0.308 e. The molecule has 4 nitrogen and oxygen atoms in total. The van der Waals surface area contributed by atoms with Crippen LogP contribution in [0.3, 0.4) is 0 Å². The number of nitrogens with zero attached hydrogens (tertiary/aromatic N) is 1. The quantitative estimate of drug-likeness (QED) is 0.857. The first-order chi connectivity index (χ1) is 9.11. The molecule has 2 rings (SSSR count). The highest BCUT2D eigenvalue weighted by molar-refractivity contribution is 6.35. The van der Waals surface area contributed by atoms with Gasteiger partial charge in [-0.25, -0.2) is 0 Å². The van der Waals surface area contributed by atoms with E-state index in [1.54, 1.807) is 6.92 Å². The monoisotopic (exact) mass is 281 g/mol. The first-order valence-corrected chi connectivity index (χ1v) is 6.56. The van der Waals surface area contributed by atoms with E-state index < -0.39 is 6.10 Å². The van der Waals surface area contributed by atoms with Crippen molar-refractivity contribution in [3.8, 4) is 0 Å². The molecule has 0 saturated heterocycles. The Bertz CT molecular complexity index is 579. The third-order valence-electron chi connectivity index (χ3n) is 2.88. The van der Waals surface area contributed by atoms with Gasteiger partial charge in [-0.2, -0.15) is 0 Å². The van der Waals surface area contributed by atoms with Gasteiger partial charge in [0, 0.05) is 28.7 Å². The molecule has 102 valence electrons. The zero-order valence-electron chi connectivity index (χ0n) is 10.7. The Morgan fingerprint density at radius 3 is 3.00 bits per heavy atom. The van der Waals surface area contributed by atoms with E-state index >= 15 is 0 Å². The number of aliphatic hydroxyl groups excluding tert-OH is 1. The molecule has 19 heavy (non-hydrogen) atoms. The van der Waals surface area contributed by atoms with Gasteiger partial charge >= 0.3 is 5.97 Å². The van der Waals surface area contributed by atoms with Gasteiger partial charge in [0.05, 0.1) is 19.1 Å². The molecule has 0 aliphatic heterocycles. The molecule has 0 amide bonds. The average Bonchev–Trinajstić information content (AvgIpc) is 2.74. The Balaban J connectivity index is 2.09. The second-order valence-electron chi connectivity index (χ2n) is 4.30. The van der Waals surface area contributed by atoms with Crippen molar-refractivity contribution in [3.63, 3.8) is 0 Å². The lowest BCUT2D eigenvalue weighted by Gasteiger charge is -2.12. The lowest BCUT2D eigenvalue weighted by molar-refractivity contribution is -0.145. The lowest BCUT2D eigenvalue weighted by atomic mass is 10.2. The van der Waals surface area contributed by atoms with Crippen LogP contribution in [0.2, 0.25) is 5.02 Å². The maximum absolute atomic E-state index is 11.3. The topological polar surface area (TPSA) is 51.5 Å². The van der Waals surface area contributed by atoms with Crippen LogP contribution < -0.4 is 0 Å². The van der Waals surface area contributed by atoms with Crippen LogP contribution in [0.5, 0.6) is 0 Å². The summed E-state index contributed by atoms with van der Waals surface area (Å²) in [6.07, 6.45) is 1.08. The largest absolute Gasteiger partial charge is 0.466 e. The molecule has 0 bridgehead atoms. The summed E-state index contributed by atoms with van der Waals surface area (Å²) < 4.78 is 6.69. The predicted octanol–water partition coefficient (Wildman–Crippen LogP) is 2.61. The molecule has 0 radical (unpaired) electrons. The van der Waals surface area contributed by atoms with Gasteiger partial charge in [0.1, 0.15) is 0 Å². The molecule has 1 N–H and O–H groups in total. The number of aliphatic hydroxyl groups is 1. The van der Waals surface area contributed by atoms with Gasteiger partial charge in [-0.1, -0.05) is 17.7 Å². The molecule has 0 fully saturated rings. The van der Waals surface area contributed by atoms with Gasteiger partial charge in [-0.3, -0.25) is 4.79 Å². The van der Waals surface area contributed by atoms with Crippen molar-refractivity contribution < 1.29 is 14.6 Å². The summed E-state index contributed by atoms with van der Waals surface area (Å²) >= 11 is 6.08. The fraction of sp³-hybridized carbons (Fsp3) is 0.357. The van der Waals surface area contributed by atoms with E-state index in [0.29, 0.717) is 18.2 Å². The summed E-state index contributed by atoms with van der Waals surface area (Å²) in [6.45, 7) is 2.40. The van der Waals surface area contributed by atoms with Gasteiger partial charge in [0.2, 0.25) is 0 Å². The van der Waals surface area contributed by atoms with E-state index in [1.807, 2.05) is 35.0 Å². The number of carbonyl (C=O) groups excluding carboxylic acids is 1. The molecule has 0 saturated carbocycles.